The molecule has 1 heterocycles. The van der Waals surface area contributed by atoms with Crippen molar-refractivity contribution in [2.24, 2.45) is 0 Å². The minimum atomic E-state index is 0.605. The van der Waals surface area contributed by atoms with Crippen LogP contribution in [0.4, 0.5) is 23.1 Å². The summed E-state index contributed by atoms with van der Waals surface area (Å²) in [5.41, 5.74) is 3.45. The molecular formula is C19H30N6. The molecule has 0 saturated carbocycles. The molecule has 0 radical (unpaired) electrons. The van der Waals surface area contributed by atoms with Gasteiger partial charge in [0.05, 0.1) is 0 Å². The highest BCUT2D eigenvalue weighted by molar-refractivity contribution is 5.64. The second-order valence-electron chi connectivity index (χ2n) is 6.29. The Kier molecular flexibility index (Phi) is 7.01. The van der Waals surface area contributed by atoms with Gasteiger partial charge in [0, 0.05) is 43.8 Å². The van der Waals surface area contributed by atoms with Crippen molar-refractivity contribution in [2.75, 3.05) is 55.8 Å². The van der Waals surface area contributed by atoms with Gasteiger partial charge in [0.1, 0.15) is 5.82 Å². The number of hydrogen-bond donors (Lipinski definition) is 2. The molecule has 6 nitrogen and oxygen atoms in total. The molecule has 6 heteroatoms. The summed E-state index contributed by atoms with van der Waals surface area (Å²) in [5.74, 6) is 1.44. The SMILES string of the molecule is CCN(CC)c1ccc(Nc2nccc(NCCN(C)C)n2)c(C)c1. The van der Waals surface area contributed by atoms with Gasteiger partial charge in [-0.25, -0.2) is 4.98 Å². The zero-order valence-electron chi connectivity index (χ0n) is 16.0. The lowest BCUT2D eigenvalue weighted by molar-refractivity contribution is 0.425. The Labute approximate surface area is 151 Å². The van der Waals surface area contributed by atoms with Gasteiger partial charge in [-0.05, 0) is 64.7 Å². The first-order valence-electron chi connectivity index (χ1n) is 8.87. The van der Waals surface area contributed by atoms with Crippen molar-refractivity contribution in [3.63, 3.8) is 0 Å². The van der Waals surface area contributed by atoms with Crippen molar-refractivity contribution in [3.05, 3.63) is 36.0 Å². The molecule has 2 aromatic rings. The smallest absolute Gasteiger partial charge is 0.229 e. The van der Waals surface area contributed by atoms with Gasteiger partial charge in [0.25, 0.3) is 0 Å². The van der Waals surface area contributed by atoms with E-state index in [1.54, 1.807) is 6.20 Å². The first-order valence-corrected chi connectivity index (χ1v) is 8.87. The van der Waals surface area contributed by atoms with Crippen LogP contribution in [0.2, 0.25) is 0 Å². The summed E-state index contributed by atoms with van der Waals surface area (Å²) in [5, 5.41) is 6.64. The van der Waals surface area contributed by atoms with Gasteiger partial charge in [0.15, 0.2) is 0 Å². The van der Waals surface area contributed by atoms with E-state index in [4.69, 9.17) is 0 Å². The predicted octanol–water partition coefficient (Wildman–Crippen LogP) is 3.35. The van der Waals surface area contributed by atoms with Crippen LogP contribution < -0.4 is 15.5 Å². The summed E-state index contributed by atoms with van der Waals surface area (Å²) in [6.07, 6.45) is 1.77. The van der Waals surface area contributed by atoms with E-state index in [1.807, 2.05) is 6.07 Å². The largest absolute Gasteiger partial charge is 0.372 e. The van der Waals surface area contributed by atoms with Gasteiger partial charge >= 0.3 is 0 Å². The van der Waals surface area contributed by atoms with E-state index in [1.165, 1.54) is 11.3 Å². The van der Waals surface area contributed by atoms with Crippen LogP contribution in [-0.2, 0) is 0 Å². The first kappa shape index (κ1) is 19.0. The maximum Gasteiger partial charge on any atom is 0.229 e. The predicted molar refractivity (Wildman–Crippen MR) is 107 cm³/mol. The molecule has 1 aromatic carbocycles. The normalized spacial score (nSPS) is 10.8. The monoisotopic (exact) mass is 342 g/mol. The van der Waals surface area contributed by atoms with E-state index in [-0.39, 0.29) is 0 Å². The average Bonchev–Trinajstić information content (AvgIpc) is 2.58. The third kappa shape index (κ3) is 5.60. The van der Waals surface area contributed by atoms with E-state index in [0.717, 1.165) is 37.7 Å². The lowest BCUT2D eigenvalue weighted by Gasteiger charge is -2.22. The summed E-state index contributed by atoms with van der Waals surface area (Å²) in [6, 6.07) is 8.33. The summed E-state index contributed by atoms with van der Waals surface area (Å²) in [4.78, 5) is 13.3. The van der Waals surface area contributed by atoms with Crippen LogP contribution in [0.5, 0.6) is 0 Å². The van der Waals surface area contributed by atoms with E-state index >= 15 is 0 Å². The first-order chi connectivity index (χ1) is 12.0. The number of likely N-dealkylation sites (N-methyl/N-ethyl adjacent to an activating group) is 1. The number of rotatable bonds is 9. The van der Waals surface area contributed by atoms with Crippen LogP contribution in [0.3, 0.4) is 0 Å². The molecule has 2 N–H and O–H groups in total. The number of hydrogen-bond acceptors (Lipinski definition) is 6. The molecule has 0 atom stereocenters. The maximum atomic E-state index is 4.53. The van der Waals surface area contributed by atoms with E-state index in [9.17, 15) is 0 Å². The Balaban J connectivity index is 2.06. The van der Waals surface area contributed by atoms with Crippen molar-refractivity contribution in [2.45, 2.75) is 20.8 Å². The van der Waals surface area contributed by atoms with E-state index < -0.39 is 0 Å². The molecule has 0 aliphatic rings. The molecule has 0 aliphatic heterocycles. The fourth-order valence-corrected chi connectivity index (χ4v) is 2.62. The molecular weight excluding hydrogens is 312 g/mol. The molecule has 0 saturated heterocycles. The Morgan fingerprint density at radius 1 is 1.08 bits per heavy atom. The summed E-state index contributed by atoms with van der Waals surface area (Å²) in [6.45, 7) is 10.3. The number of nitrogens with zero attached hydrogens (tertiary/aromatic N) is 4. The topological polar surface area (TPSA) is 56.3 Å². The van der Waals surface area contributed by atoms with Gasteiger partial charge in [-0.3, -0.25) is 0 Å². The van der Waals surface area contributed by atoms with Gasteiger partial charge in [0.2, 0.25) is 5.95 Å². The number of aryl methyl sites for hydroxylation is 1. The summed E-state index contributed by atoms with van der Waals surface area (Å²) < 4.78 is 0. The third-order valence-corrected chi connectivity index (χ3v) is 4.11. The molecule has 0 unspecified atom stereocenters. The van der Waals surface area contributed by atoms with Crippen LogP contribution in [0, 0.1) is 6.92 Å². The second-order valence-corrected chi connectivity index (χ2v) is 6.29. The molecule has 25 heavy (non-hydrogen) atoms. The van der Waals surface area contributed by atoms with Crippen molar-refractivity contribution in [3.8, 4) is 0 Å². The molecule has 0 bridgehead atoms. The van der Waals surface area contributed by atoms with E-state index in [0.29, 0.717) is 5.95 Å². The minimum absolute atomic E-state index is 0.605. The molecule has 1 aromatic heterocycles. The summed E-state index contributed by atoms with van der Waals surface area (Å²) >= 11 is 0. The molecule has 2 rings (SSSR count). The van der Waals surface area contributed by atoms with Crippen LogP contribution in [0.25, 0.3) is 0 Å². The standard InChI is InChI=1S/C19H30N6/c1-6-25(7-2)16-8-9-17(15(3)14-16)22-19-21-11-10-18(23-19)20-12-13-24(4)5/h8-11,14H,6-7,12-13H2,1-5H3,(H2,20,21,22,23). The molecule has 0 aliphatic carbocycles. The highest BCUT2D eigenvalue weighted by Crippen LogP contribution is 2.24. The Morgan fingerprint density at radius 3 is 2.48 bits per heavy atom. The average molecular weight is 342 g/mol. The minimum Gasteiger partial charge on any atom is -0.372 e. The third-order valence-electron chi connectivity index (χ3n) is 4.11. The number of nitrogens with one attached hydrogen (secondary N) is 2. The Morgan fingerprint density at radius 2 is 1.84 bits per heavy atom. The zero-order valence-corrected chi connectivity index (χ0v) is 16.0. The lowest BCUT2D eigenvalue weighted by atomic mass is 10.1. The quantitative estimate of drug-likeness (QED) is 0.729. The number of anilines is 4. The van der Waals surface area contributed by atoms with Gasteiger partial charge in [-0.1, -0.05) is 0 Å². The highest BCUT2D eigenvalue weighted by atomic mass is 15.2. The van der Waals surface area contributed by atoms with Gasteiger partial charge in [-0.15, -0.1) is 0 Å². The Hall–Kier alpha value is -2.34. The number of aromatic nitrogens is 2. The Bertz CT molecular complexity index is 667. The second kappa shape index (κ2) is 9.22. The number of benzene rings is 1. The van der Waals surface area contributed by atoms with E-state index in [2.05, 4.69) is 83.5 Å². The fourth-order valence-electron chi connectivity index (χ4n) is 2.62. The fraction of sp³-hybridized carbons (Fsp3) is 0.474. The van der Waals surface area contributed by atoms with Crippen LogP contribution >= 0.6 is 0 Å². The maximum absolute atomic E-state index is 4.53. The highest BCUT2D eigenvalue weighted by Gasteiger charge is 2.07. The van der Waals surface area contributed by atoms with Crippen LogP contribution in [0.15, 0.2) is 30.5 Å². The summed E-state index contributed by atoms with van der Waals surface area (Å²) in [7, 11) is 4.11. The van der Waals surface area contributed by atoms with Gasteiger partial charge < -0.3 is 20.4 Å². The molecule has 0 spiro atoms. The molecule has 136 valence electrons. The molecule has 0 amide bonds. The van der Waals surface area contributed by atoms with Crippen molar-refractivity contribution < 1.29 is 0 Å². The lowest BCUT2D eigenvalue weighted by Crippen LogP contribution is -2.21. The zero-order chi connectivity index (χ0) is 18.2. The van der Waals surface area contributed by atoms with Crippen LogP contribution in [0.1, 0.15) is 19.4 Å². The van der Waals surface area contributed by atoms with Gasteiger partial charge in [-0.2, -0.15) is 4.98 Å². The van der Waals surface area contributed by atoms with Crippen molar-refractivity contribution in [1.29, 1.82) is 0 Å². The molecule has 0 fully saturated rings. The van der Waals surface area contributed by atoms with Crippen molar-refractivity contribution >= 4 is 23.1 Å². The van der Waals surface area contributed by atoms with Crippen molar-refractivity contribution in [1.82, 2.24) is 14.9 Å². The van der Waals surface area contributed by atoms with Crippen LogP contribution in [-0.4, -0.2) is 55.1 Å².